The van der Waals surface area contributed by atoms with Gasteiger partial charge < -0.3 is 0 Å². The maximum absolute atomic E-state index is 2.40. The molecule has 1 atom stereocenters. The molecule has 0 aliphatic heterocycles. The monoisotopic (exact) mass is 196 g/mol. The van der Waals surface area contributed by atoms with Gasteiger partial charge in [0, 0.05) is 0 Å². The van der Waals surface area contributed by atoms with Crippen molar-refractivity contribution in [3.05, 3.63) is 12.2 Å². The lowest BCUT2D eigenvalue weighted by molar-refractivity contribution is 0.452. The van der Waals surface area contributed by atoms with Crippen LogP contribution in [-0.4, -0.2) is 0 Å². The first-order valence-corrected chi connectivity index (χ1v) is 6.46. The maximum Gasteiger partial charge on any atom is -0.0351 e. The smallest absolute Gasteiger partial charge is 0.0351 e. The summed E-state index contributed by atoms with van der Waals surface area (Å²) in [6.45, 7) is 6.88. The second kappa shape index (κ2) is 10.8. The van der Waals surface area contributed by atoms with Crippen LogP contribution in [0.3, 0.4) is 0 Å². The van der Waals surface area contributed by atoms with Crippen LogP contribution in [0, 0.1) is 5.92 Å². The van der Waals surface area contributed by atoms with E-state index in [1.807, 2.05) is 0 Å². The molecule has 0 aromatic rings. The summed E-state index contributed by atoms with van der Waals surface area (Å²) in [4.78, 5) is 0. The standard InChI is InChI=1S/C14H28/c1-4-6-8-9-11-13-14(3)12-10-7-5-2/h6,8,14H,4-5,7,9-13H2,1-3H3. The lowest BCUT2D eigenvalue weighted by Gasteiger charge is -2.09. The normalized spacial score (nSPS) is 13.6. The lowest BCUT2D eigenvalue weighted by atomic mass is 9.97. The Morgan fingerprint density at radius 1 is 0.929 bits per heavy atom. The van der Waals surface area contributed by atoms with Crippen LogP contribution >= 0.6 is 0 Å². The molecule has 0 fully saturated rings. The van der Waals surface area contributed by atoms with Crippen LogP contribution in [0.1, 0.15) is 72.1 Å². The minimum absolute atomic E-state index is 0.941. The molecule has 0 rings (SSSR count). The topological polar surface area (TPSA) is 0 Å². The molecule has 1 unspecified atom stereocenters. The van der Waals surface area contributed by atoms with Crippen molar-refractivity contribution in [3.8, 4) is 0 Å². The Morgan fingerprint density at radius 3 is 2.29 bits per heavy atom. The SMILES string of the molecule is CCC=CCCCC(C)CCCCC. The highest BCUT2D eigenvalue weighted by Crippen LogP contribution is 2.15. The zero-order valence-electron chi connectivity index (χ0n) is 10.4. The molecule has 0 heterocycles. The fourth-order valence-corrected chi connectivity index (χ4v) is 1.76. The lowest BCUT2D eigenvalue weighted by Crippen LogP contribution is -1.94. The first kappa shape index (κ1) is 13.7. The second-order valence-electron chi connectivity index (χ2n) is 4.41. The van der Waals surface area contributed by atoms with Gasteiger partial charge in [-0.2, -0.15) is 0 Å². The molecule has 0 heteroatoms. The summed E-state index contributed by atoms with van der Waals surface area (Å²) in [5.74, 6) is 0.941. The van der Waals surface area contributed by atoms with E-state index in [-0.39, 0.29) is 0 Å². The molecular weight excluding hydrogens is 168 g/mol. The van der Waals surface area contributed by atoms with Crippen LogP contribution < -0.4 is 0 Å². The van der Waals surface area contributed by atoms with Crippen molar-refractivity contribution in [2.75, 3.05) is 0 Å². The van der Waals surface area contributed by atoms with Crippen LogP contribution in [0.15, 0.2) is 12.2 Å². The average molecular weight is 196 g/mol. The zero-order valence-corrected chi connectivity index (χ0v) is 10.4. The van der Waals surface area contributed by atoms with E-state index in [9.17, 15) is 0 Å². The average Bonchev–Trinajstić information content (AvgIpc) is 2.18. The summed E-state index contributed by atoms with van der Waals surface area (Å²) in [6.07, 6.45) is 15.5. The van der Waals surface area contributed by atoms with E-state index in [2.05, 4.69) is 32.9 Å². The quantitative estimate of drug-likeness (QED) is 0.345. The summed E-state index contributed by atoms with van der Waals surface area (Å²) >= 11 is 0. The van der Waals surface area contributed by atoms with E-state index in [0.717, 1.165) is 5.92 Å². The van der Waals surface area contributed by atoms with E-state index >= 15 is 0 Å². The third-order valence-electron chi connectivity index (χ3n) is 2.77. The summed E-state index contributed by atoms with van der Waals surface area (Å²) in [7, 11) is 0. The van der Waals surface area contributed by atoms with E-state index in [0.29, 0.717) is 0 Å². The molecular formula is C14H28. The summed E-state index contributed by atoms with van der Waals surface area (Å²) in [5.41, 5.74) is 0. The van der Waals surface area contributed by atoms with Crippen LogP contribution in [0.4, 0.5) is 0 Å². The third kappa shape index (κ3) is 9.83. The van der Waals surface area contributed by atoms with Crippen LogP contribution in [0.2, 0.25) is 0 Å². The predicted molar refractivity (Wildman–Crippen MR) is 66.6 cm³/mol. The van der Waals surface area contributed by atoms with Gasteiger partial charge in [0.2, 0.25) is 0 Å². The van der Waals surface area contributed by atoms with E-state index < -0.39 is 0 Å². The molecule has 0 saturated heterocycles. The van der Waals surface area contributed by atoms with Gasteiger partial charge in [0.15, 0.2) is 0 Å². The molecule has 0 nitrogen and oxygen atoms in total. The Labute approximate surface area is 90.8 Å². The molecule has 0 aromatic heterocycles. The molecule has 0 spiro atoms. The molecule has 0 saturated carbocycles. The number of hydrogen-bond acceptors (Lipinski definition) is 0. The maximum atomic E-state index is 2.40. The Kier molecular flexibility index (Phi) is 10.6. The molecule has 0 bridgehead atoms. The number of unbranched alkanes of at least 4 members (excludes halogenated alkanes) is 3. The zero-order chi connectivity index (χ0) is 10.6. The summed E-state index contributed by atoms with van der Waals surface area (Å²) in [5, 5.41) is 0. The molecule has 0 aliphatic rings. The van der Waals surface area contributed by atoms with Gasteiger partial charge in [0.25, 0.3) is 0 Å². The van der Waals surface area contributed by atoms with Crippen LogP contribution in [0.25, 0.3) is 0 Å². The predicted octanol–water partition coefficient (Wildman–Crippen LogP) is 5.34. The van der Waals surface area contributed by atoms with Gasteiger partial charge in [0.1, 0.15) is 0 Å². The van der Waals surface area contributed by atoms with Crippen LogP contribution in [-0.2, 0) is 0 Å². The van der Waals surface area contributed by atoms with E-state index in [1.54, 1.807) is 0 Å². The van der Waals surface area contributed by atoms with Gasteiger partial charge in [-0.15, -0.1) is 0 Å². The number of allylic oxidation sites excluding steroid dienone is 2. The van der Waals surface area contributed by atoms with Crippen molar-refractivity contribution in [1.82, 2.24) is 0 Å². The van der Waals surface area contributed by atoms with Gasteiger partial charge in [-0.3, -0.25) is 0 Å². The van der Waals surface area contributed by atoms with Crippen molar-refractivity contribution in [2.24, 2.45) is 5.92 Å². The third-order valence-corrected chi connectivity index (χ3v) is 2.77. The van der Waals surface area contributed by atoms with Crippen molar-refractivity contribution in [3.63, 3.8) is 0 Å². The van der Waals surface area contributed by atoms with Crippen molar-refractivity contribution >= 4 is 0 Å². The molecule has 0 aliphatic carbocycles. The summed E-state index contributed by atoms with van der Waals surface area (Å²) in [6, 6.07) is 0. The number of rotatable bonds is 9. The fourth-order valence-electron chi connectivity index (χ4n) is 1.76. The number of hydrogen-bond donors (Lipinski definition) is 0. The minimum Gasteiger partial charge on any atom is -0.0888 e. The first-order chi connectivity index (χ1) is 6.81. The molecule has 14 heavy (non-hydrogen) atoms. The summed E-state index contributed by atoms with van der Waals surface area (Å²) < 4.78 is 0. The van der Waals surface area contributed by atoms with Gasteiger partial charge in [-0.25, -0.2) is 0 Å². The molecule has 0 aromatic carbocycles. The highest BCUT2D eigenvalue weighted by atomic mass is 14.1. The van der Waals surface area contributed by atoms with Crippen molar-refractivity contribution in [1.29, 1.82) is 0 Å². The largest absolute Gasteiger partial charge is 0.0888 e. The molecule has 0 amide bonds. The van der Waals surface area contributed by atoms with Crippen molar-refractivity contribution in [2.45, 2.75) is 72.1 Å². The molecule has 0 radical (unpaired) electrons. The Balaban J connectivity index is 3.17. The Bertz CT molecular complexity index is 124. The van der Waals surface area contributed by atoms with Gasteiger partial charge >= 0.3 is 0 Å². The molecule has 0 N–H and O–H groups in total. The fraction of sp³-hybridized carbons (Fsp3) is 0.857. The highest BCUT2D eigenvalue weighted by Gasteiger charge is 2.00. The van der Waals surface area contributed by atoms with Crippen molar-refractivity contribution < 1.29 is 0 Å². The van der Waals surface area contributed by atoms with Crippen LogP contribution in [0.5, 0.6) is 0 Å². The Morgan fingerprint density at radius 2 is 1.64 bits per heavy atom. The van der Waals surface area contributed by atoms with E-state index in [1.165, 1.54) is 51.4 Å². The van der Waals surface area contributed by atoms with E-state index in [4.69, 9.17) is 0 Å². The highest BCUT2D eigenvalue weighted by molar-refractivity contribution is 4.79. The van der Waals surface area contributed by atoms with Gasteiger partial charge in [-0.05, 0) is 25.2 Å². The molecule has 84 valence electrons. The first-order valence-electron chi connectivity index (χ1n) is 6.46. The second-order valence-corrected chi connectivity index (χ2v) is 4.41. The van der Waals surface area contributed by atoms with Gasteiger partial charge in [-0.1, -0.05) is 65.0 Å². The van der Waals surface area contributed by atoms with Gasteiger partial charge in [0.05, 0.1) is 0 Å². The minimum atomic E-state index is 0.941. The Hall–Kier alpha value is -0.260.